The molecule has 0 saturated heterocycles. The van der Waals surface area contributed by atoms with E-state index in [4.69, 9.17) is 15.2 Å². The molecule has 0 spiro atoms. The van der Waals surface area contributed by atoms with Crippen LogP contribution in [-0.4, -0.2) is 19.2 Å². The number of thiazole rings is 1. The van der Waals surface area contributed by atoms with Gasteiger partial charge in [-0.15, -0.1) is 11.3 Å². The molecule has 0 aliphatic carbocycles. The zero-order chi connectivity index (χ0) is 14.0. The highest BCUT2D eigenvalue weighted by atomic mass is 32.1. The lowest BCUT2D eigenvalue weighted by Gasteiger charge is -2.24. The van der Waals surface area contributed by atoms with Gasteiger partial charge >= 0.3 is 0 Å². The zero-order valence-electron chi connectivity index (χ0n) is 11.6. The Hall–Kier alpha value is -1.75. The number of anilines is 1. The van der Waals surface area contributed by atoms with Crippen LogP contribution in [0.25, 0.3) is 0 Å². The summed E-state index contributed by atoms with van der Waals surface area (Å²) in [5.74, 6) is 1.44. The minimum atomic E-state index is -0.229. The molecule has 0 amide bonds. The molecule has 1 aromatic heterocycles. The maximum Gasteiger partial charge on any atom is 0.180 e. The SMILES string of the molecule is COc1ccc(C(C)(C)c2csc(N)n2)cc1OC. The van der Waals surface area contributed by atoms with E-state index < -0.39 is 0 Å². The maximum absolute atomic E-state index is 5.72. The molecule has 2 N–H and O–H groups in total. The van der Waals surface area contributed by atoms with Gasteiger partial charge in [0, 0.05) is 10.8 Å². The van der Waals surface area contributed by atoms with Gasteiger partial charge in [0.25, 0.3) is 0 Å². The second-order valence-corrected chi connectivity index (χ2v) is 5.66. The summed E-state index contributed by atoms with van der Waals surface area (Å²) < 4.78 is 10.6. The van der Waals surface area contributed by atoms with Crippen molar-refractivity contribution in [2.75, 3.05) is 20.0 Å². The smallest absolute Gasteiger partial charge is 0.180 e. The Kier molecular flexibility index (Phi) is 3.66. The van der Waals surface area contributed by atoms with Crippen LogP contribution in [-0.2, 0) is 5.41 Å². The normalized spacial score (nSPS) is 11.4. The summed E-state index contributed by atoms with van der Waals surface area (Å²) in [4.78, 5) is 4.38. The quantitative estimate of drug-likeness (QED) is 0.933. The summed E-state index contributed by atoms with van der Waals surface area (Å²) in [6, 6.07) is 5.91. The first kappa shape index (κ1) is 13.7. The molecule has 0 bridgehead atoms. The van der Waals surface area contributed by atoms with E-state index >= 15 is 0 Å². The number of nitrogens with zero attached hydrogens (tertiary/aromatic N) is 1. The van der Waals surface area contributed by atoms with Crippen LogP contribution in [0, 0.1) is 0 Å². The number of hydrogen-bond acceptors (Lipinski definition) is 5. The lowest BCUT2D eigenvalue weighted by molar-refractivity contribution is 0.354. The first-order valence-corrected chi connectivity index (χ1v) is 6.81. The predicted octanol–water partition coefficient (Wildman–Crippen LogP) is 3.07. The van der Waals surface area contributed by atoms with Gasteiger partial charge in [0.2, 0.25) is 0 Å². The highest BCUT2D eigenvalue weighted by molar-refractivity contribution is 7.13. The zero-order valence-corrected chi connectivity index (χ0v) is 12.4. The van der Waals surface area contributed by atoms with Crippen molar-refractivity contribution >= 4 is 16.5 Å². The first-order chi connectivity index (χ1) is 8.98. The minimum absolute atomic E-state index is 0.229. The van der Waals surface area contributed by atoms with E-state index in [1.165, 1.54) is 11.3 Å². The maximum atomic E-state index is 5.72. The van der Waals surface area contributed by atoms with E-state index in [1.807, 2.05) is 23.6 Å². The fraction of sp³-hybridized carbons (Fsp3) is 0.357. The van der Waals surface area contributed by atoms with Crippen LogP contribution >= 0.6 is 11.3 Å². The van der Waals surface area contributed by atoms with Gasteiger partial charge in [0.15, 0.2) is 16.6 Å². The standard InChI is InChI=1S/C14H18N2O2S/c1-14(2,12-8-19-13(15)16-12)9-5-6-10(17-3)11(7-9)18-4/h5-8H,1-4H3,(H2,15,16). The molecule has 0 unspecified atom stereocenters. The number of rotatable bonds is 4. The summed E-state index contributed by atoms with van der Waals surface area (Å²) >= 11 is 1.45. The summed E-state index contributed by atoms with van der Waals surface area (Å²) in [5.41, 5.74) is 7.56. The van der Waals surface area contributed by atoms with Crippen LogP contribution < -0.4 is 15.2 Å². The Morgan fingerprint density at radius 1 is 1.16 bits per heavy atom. The van der Waals surface area contributed by atoms with E-state index in [0.717, 1.165) is 22.8 Å². The Balaban J connectivity index is 2.45. The van der Waals surface area contributed by atoms with Crippen LogP contribution in [0.5, 0.6) is 11.5 Å². The number of hydrogen-bond donors (Lipinski definition) is 1. The average Bonchev–Trinajstić information content (AvgIpc) is 2.85. The van der Waals surface area contributed by atoms with Gasteiger partial charge in [0.05, 0.1) is 19.9 Å². The van der Waals surface area contributed by atoms with Crippen molar-refractivity contribution in [3.8, 4) is 11.5 Å². The van der Waals surface area contributed by atoms with Crippen molar-refractivity contribution in [3.05, 3.63) is 34.8 Å². The highest BCUT2D eigenvalue weighted by Crippen LogP contribution is 2.37. The van der Waals surface area contributed by atoms with Crippen LogP contribution in [0.3, 0.4) is 0 Å². The molecule has 1 heterocycles. The fourth-order valence-electron chi connectivity index (χ4n) is 1.95. The van der Waals surface area contributed by atoms with Crippen molar-refractivity contribution in [1.82, 2.24) is 4.98 Å². The molecule has 2 rings (SSSR count). The van der Waals surface area contributed by atoms with E-state index in [-0.39, 0.29) is 5.41 Å². The molecule has 0 fully saturated rings. The van der Waals surface area contributed by atoms with Gasteiger partial charge in [-0.3, -0.25) is 0 Å². The summed E-state index contributed by atoms with van der Waals surface area (Å²) in [6.45, 7) is 4.23. The third-order valence-electron chi connectivity index (χ3n) is 3.27. The summed E-state index contributed by atoms with van der Waals surface area (Å²) in [5, 5.41) is 2.58. The number of methoxy groups -OCH3 is 2. The molecule has 1 aromatic carbocycles. The average molecular weight is 278 g/mol. The molecule has 0 saturated carbocycles. The van der Waals surface area contributed by atoms with Crippen molar-refractivity contribution in [1.29, 1.82) is 0 Å². The molecule has 5 heteroatoms. The minimum Gasteiger partial charge on any atom is -0.493 e. The molecule has 0 aliphatic heterocycles. The Labute approximate surface area is 117 Å². The Morgan fingerprint density at radius 2 is 1.84 bits per heavy atom. The van der Waals surface area contributed by atoms with Crippen molar-refractivity contribution < 1.29 is 9.47 Å². The van der Waals surface area contributed by atoms with Gasteiger partial charge in [-0.25, -0.2) is 4.98 Å². The van der Waals surface area contributed by atoms with Crippen molar-refractivity contribution in [2.24, 2.45) is 0 Å². The topological polar surface area (TPSA) is 57.4 Å². The van der Waals surface area contributed by atoms with E-state index in [9.17, 15) is 0 Å². The van der Waals surface area contributed by atoms with Crippen molar-refractivity contribution in [3.63, 3.8) is 0 Å². The molecular weight excluding hydrogens is 260 g/mol. The summed E-state index contributed by atoms with van der Waals surface area (Å²) in [6.07, 6.45) is 0. The molecule has 19 heavy (non-hydrogen) atoms. The van der Waals surface area contributed by atoms with E-state index in [1.54, 1.807) is 14.2 Å². The van der Waals surface area contributed by atoms with Crippen LogP contribution in [0.4, 0.5) is 5.13 Å². The van der Waals surface area contributed by atoms with Gasteiger partial charge in [-0.2, -0.15) is 0 Å². The molecule has 0 aliphatic rings. The Bertz CT molecular complexity index is 579. The van der Waals surface area contributed by atoms with E-state index in [0.29, 0.717) is 5.13 Å². The van der Waals surface area contributed by atoms with Crippen LogP contribution in [0.2, 0.25) is 0 Å². The van der Waals surface area contributed by atoms with Crippen LogP contribution in [0.1, 0.15) is 25.1 Å². The molecular formula is C14H18N2O2S. The number of aromatic nitrogens is 1. The van der Waals surface area contributed by atoms with E-state index in [2.05, 4.69) is 18.8 Å². The third-order valence-corrected chi connectivity index (χ3v) is 3.94. The van der Waals surface area contributed by atoms with Crippen molar-refractivity contribution in [2.45, 2.75) is 19.3 Å². The van der Waals surface area contributed by atoms with Gasteiger partial charge in [0.1, 0.15) is 0 Å². The lowest BCUT2D eigenvalue weighted by Crippen LogP contribution is -2.19. The van der Waals surface area contributed by atoms with Gasteiger partial charge in [-0.1, -0.05) is 19.9 Å². The second-order valence-electron chi connectivity index (χ2n) is 4.77. The number of ether oxygens (including phenoxy) is 2. The lowest BCUT2D eigenvalue weighted by atomic mass is 9.82. The number of nitrogen functional groups attached to an aromatic ring is 1. The monoisotopic (exact) mass is 278 g/mol. The number of benzene rings is 1. The number of nitrogens with two attached hydrogens (primary N) is 1. The molecule has 0 radical (unpaired) electrons. The van der Waals surface area contributed by atoms with Crippen LogP contribution in [0.15, 0.2) is 23.6 Å². The van der Waals surface area contributed by atoms with Gasteiger partial charge in [-0.05, 0) is 17.7 Å². The fourth-order valence-corrected chi connectivity index (χ4v) is 2.68. The second kappa shape index (κ2) is 5.09. The van der Waals surface area contributed by atoms with Gasteiger partial charge < -0.3 is 15.2 Å². The molecule has 2 aromatic rings. The third kappa shape index (κ3) is 2.51. The highest BCUT2D eigenvalue weighted by Gasteiger charge is 2.27. The molecule has 0 atom stereocenters. The Morgan fingerprint density at radius 3 is 2.37 bits per heavy atom. The largest absolute Gasteiger partial charge is 0.493 e. The predicted molar refractivity (Wildman–Crippen MR) is 78.2 cm³/mol. The first-order valence-electron chi connectivity index (χ1n) is 5.93. The molecule has 102 valence electrons. The summed E-state index contributed by atoms with van der Waals surface area (Å²) in [7, 11) is 3.26. The molecule has 4 nitrogen and oxygen atoms in total.